The van der Waals surface area contributed by atoms with Crippen LogP contribution in [0.2, 0.25) is 0 Å². The number of aromatic amines is 1. The minimum absolute atomic E-state index is 0.186. The monoisotopic (exact) mass is 325 g/mol. The molecule has 0 aliphatic heterocycles. The van der Waals surface area contributed by atoms with Crippen molar-refractivity contribution in [3.63, 3.8) is 0 Å². The van der Waals surface area contributed by atoms with E-state index in [1.807, 2.05) is 36.4 Å². The molecule has 23 heavy (non-hydrogen) atoms. The van der Waals surface area contributed by atoms with Gasteiger partial charge in [-0.2, -0.15) is 8.42 Å². The summed E-state index contributed by atoms with van der Waals surface area (Å²) in [5.41, 5.74) is 2.63. The molecule has 2 N–H and O–H groups in total. The number of rotatable bonds is 2. The molecule has 2 aromatic heterocycles. The molecule has 0 aliphatic rings. The van der Waals surface area contributed by atoms with Gasteiger partial charge in [-0.3, -0.25) is 4.55 Å². The first-order valence-corrected chi connectivity index (χ1v) is 8.28. The molecule has 7 heteroatoms. The Morgan fingerprint density at radius 3 is 2.57 bits per heavy atom. The highest BCUT2D eigenvalue weighted by molar-refractivity contribution is 7.85. The number of hydrogen-bond donors (Lipinski definition) is 2. The van der Waals surface area contributed by atoms with E-state index in [0.29, 0.717) is 22.6 Å². The molecular weight excluding hydrogens is 314 g/mol. The van der Waals surface area contributed by atoms with Crippen molar-refractivity contribution >= 4 is 32.1 Å². The first kappa shape index (κ1) is 13.9. The minimum atomic E-state index is -4.25. The van der Waals surface area contributed by atoms with E-state index in [9.17, 15) is 8.42 Å². The molecule has 0 bridgehead atoms. The fraction of sp³-hybridized carbons (Fsp3) is 0. The number of aromatic nitrogens is 3. The van der Waals surface area contributed by atoms with Crippen LogP contribution in [0.5, 0.6) is 0 Å². The molecule has 0 atom stereocenters. The van der Waals surface area contributed by atoms with E-state index >= 15 is 0 Å². The van der Waals surface area contributed by atoms with Crippen molar-refractivity contribution in [2.24, 2.45) is 0 Å². The van der Waals surface area contributed by atoms with E-state index in [2.05, 4.69) is 15.0 Å². The zero-order chi connectivity index (χ0) is 16.0. The van der Waals surface area contributed by atoms with Gasteiger partial charge in [0, 0.05) is 5.39 Å². The smallest absolute Gasteiger partial charge is 0.294 e. The Bertz CT molecular complexity index is 1150. The molecule has 0 aliphatic carbocycles. The maximum absolute atomic E-state index is 11.2. The molecule has 2 aromatic carbocycles. The molecule has 0 radical (unpaired) electrons. The van der Waals surface area contributed by atoms with Crippen molar-refractivity contribution in [3.8, 4) is 11.5 Å². The summed E-state index contributed by atoms with van der Waals surface area (Å²) in [5, 5.41) is 1.03. The van der Waals surface area contributed by atoms with Crippen LogP contribution >= 0.6 is 0 Å². The van der Waals surface area contributed by atoms with Crippen LogP contribution in [0.15, 0.2) is 59.5 Å². The lowest BCUT2D eigenvalue weighted by molar-refractivity contribution is 0.483. The van der Waals surface area contributed by atoms with Gasteiger partial charge >= 0.3 is 0 Å². The van der Waals surface area contributed by atoms with E-state index in [-0.39, 0.29) is 4.90 Å². The number of pyridine rings is 1. The van der Waals surface area contributed by atoms with Crippen molar-refractivity contribution < 1.29 is 13.0 Å². The molecule has 2 heterocycles. The second-order valence-corrected chi connectivity index (χ2v) is 6.55. The Morgan fingerprint density at radius 2 is 1.74 bits per heavy atom. The summed E-state index contributed by atoms with van der Waals surface area (Å²) in [4.78, 5) is 11.8. The lowest BCUT2D eigenvalue weighted by Crippen LogP contribution is -1.97. The third-order valence-electron chi connectivity index (χ3n) is 3.59. The highest BCUT2D eigenvalue weighted by Crippen LogP contribution is 2.23. The second-order valence-electron chi connectivity index (χ2n) is 5.13. The summed E-state index contributed by atoms with van der Waals surface area (Å²) in [6.07, 6.45) is 0. The third kappa shape index (κ3) is 2.45. The molecule has 114 valence electrons. The molecule has 6 nitrogen and oxygen atoms in total. The number of fused-ring (bicyclic) bond motifs is 2. The molecule has 4 aromatic rings. The molecule has 0 unspecified atom stereocenters. The average Bonchev–Trinajstić information content (AvgIpc) is 2.96. The van der Waals surface area contributed by atoms with E-state index < -0.39 is 10.1 Å². The summed E-state index contributed by atoms with van der Waals surface area (Å²) in [6.45, 7) is 0. The van der Waals surface area contributed by atoms with Crippen molar-refractivity contribution in [3.05, 3.63) is 54.6 Å². The van der Waals surface area contributed by atoms with Crippen LogP contribution < -0.4 is 0 Å². The van der Waals surface area contributed by atoms with Gasteiger partial charge < -0.3 is 4.98 Å². The number of nitrogens with one attached hydrogen (secondary N) is 1. The van der Waals surface area contributed by atoms with Crippen molar-refractivity contribution in [1.82, 2.24) is 15.0 Å². The predicted octanol–water partition coefficient (Wildman–Crippen LogP) is 3.02. The van der Waals surface area contributed by atoms with Crippen molar-refractivity contribution in [2.75, 3.05) is 0 Å². The Labute approximate surface area is 131 Å². The summed E-state index contributed by atoms with van der Waals surface area (Å²) in [5.74, 6) is 0.540. The number of benzene rings is 2. The van der Waals surface area contributed by atoms with Crippen LogP contribution in [-0.4, -0.2) is 27.9 Å². The van der Waals surface area contributed by atoms with Gasteiger partial charge in [0.15, 0.2) is 5.82 Å². The second kappa shape index (κ2) is 4.87. The highest BCUT2D eigenvalue weighted by atomic mass is 32.2. The SMILES string of the molecule is O=S(=O)(O)c1ccc2[nH]c(-c3ccc4ccccc4n3)nc2c1. The fourth-order valence-corrected chi connectivity index (χ4v) is 2.97. The number of imidazole rings is 1. The molecule has 0 amide bonds. The van der Waals surface area contributed by atoms with E-state index in [1.54, 1.807) is 6.07 Å². The summed E-state index contributed by atoms with van der Waals surface area (Å²) in [7, 11) is -4.25. The van der Waals surface area contributed by atoms with Crippen molar-refractivity contribution in [2.45, 2.75) is 4.90 Å². The van der Waals surface area contributed by atoms with Gasteiger partial charge in [-0.25, -0.2) is 9.97 Å². The van der Waals surface area contributed by atoms with Crippen molar-refractivity contribution in [1.29, 1.82) is 0 Å². The molecule has 4 rings (SSSR count). The van der Waals surface area contributed by atoms with Gasteiger partial charge in [-0.05, 0) is 30.3 Å². The van der Waals surface area contributed by atoms with Gasteiger partial charge in [0.05, 0.1) is 21.4 Å². The molecule has 0 saturated heterocycles. The maximum Gasteiger partial charge on any atom is 0.294 e. The predicted molar refractivity (Wildman–Crippen MR) is 86.6 cm³/mol. The zero-order valence-corrected chi connectivity index (χ0v) is 12.6. The van der Waals surface area contributed by atoms with Gasteiger partial charge in [-0.1, -0.05) is 24.3 Å². The largest absolute Gasteiger partial charge is 0.337 e. The molecule has 0 spiro atoms. The number of hydrogen-bond acceptors (Lipinski definition) is 4. The standard InChI is InChI=1S/C16H11N3O3S/c20-23(21,22)11-6-8-13-15(9-11)19-16(18-13)14-7-5-10-3-1-2-4-12(10)17-14/h1-9H,(H,18,19)(H,20,21,22). The van der Waals surface area contributed by atoms with Crippen LogP contribution in [0.4, 0.5) is 0 Å². The van der Waals surface area contributed by atoms with Gasteiger partial charge in [0.2, 0.25) is 0 Å². The number of nitrogens with zero attached hydrogens (tertiary/aromatic N) is 2. The maximum atomic E-state index is 11.2. The zero-order valence-electron chi connectivity index (χ0n) is 11.8. The van der Waals surface area contributed by atoms with Gasteiger partial charge in [0.25, 0.3) is 10.1 Å². The minimum Gasteiger partial charge on any atom is -0.337 e. The normalized spacial score (nSPS) is 12.0. The summed E-state index contributed by atoms with van der Waals surface area (Å²) < 4.78 is 31.5. The highest BCUT2D eigenvalue weighted by Gasteiger charge is 2.13. The van der Waals surface area contributed by atoms with Crippen LogP contribution in [0.1, 0.15) is 0 Å². The molecular formula is C16H11N3O3S. The average molecular weight is 325 g/mol. The quantitative estimate of drug-likeness (QED) is 0.552. The summed E-state index contributed by atoms with van der Waals surface area (Å²) in [6, 6.07) is 15.8. The lowest BCUT2D eigenvalue weighted by Gasteiger charge is -1.99. The van der Waals surface area contributed by atoms with Crippen LogP contribution in [-0.2, 0) is 10.1 Å². The number of H-pyrrole nitrogens is 1. The Kier molecular flexibility index (Phi) is 2.93. The van der Waals surface area contributed by atoms with Crippen LogP contribution in [0.25, 0.3) is 33.5 Å². The van der Waals surface area contributed by atoms with E-state index in [0.717, 1.165) is 10.9 Å². The Morgan fingerprint density at radius 1 is 0.913 bits per heavy atom. The molecule has 0 saturated carbocycles. The third-order valence-corrected chi connectivity index (χ3v) is 4.44. The lowest BCUT2D eigenvalue weighted by atomic mass is 10.2. The first-order chi connectivity index (χ1) is 11.0. The van der Waals surface area contributed by atoms with E-state index in [1.165, 1.54) is 12.1 Å². The Hall–Kier alpha value is -2.77. The Balaban J connectivity index is 1.87. The topological polar surface area (TPSA) is 95.9 Å². The van der Waals surface area contributed by atoms with Gasteiger partial charge in [-0.15, -0.1) is 0 Å². The molecule has 0 fully saturated rings. The first-order valence-electron chi connectivity index (χ1n) is 6.84. The summed E-state index contributed by atoms with van der Waals surface area (Å²) >= 11 is 0. The van der Waals surface area contributed by atoms with Crippen LogP contribution in [0, 0.1) is 0 Å². The van der Waals surface area contributed by atoms with Crippen LogP contribution in [0.3, 0.4) is 0 Å². The van der Waals surface area contributed by atoms with E-state index in [4.69, 9.17) is 4.55 Å². The fourth-order valence-electron chi connectivity index (χ4n) is 2.47. The van der Waals surface area contributed by atoms with Gasteiger partial charge in [0.1, 0.15) is 5.69 Å². The number of para-hydroxylation sites is 1.